The summed E-state index contributed by atoms with van der Waals surface area (Å²) >= 11 is 0. The second-order valence-corrected chi connectivity index (χ2v) is 5.79. The van der Waals surface area contributed by atoms with Crippen LogP contribution >= 0.6 is 0 Å². The number of amides is 1. The normalized spacial score (nSPS) is 10.3. The molecule has 3 rings (SSSR count). The van der Waals surface area contributed by atoms with E-state index in [-0.39, 0.29) is 0 Å². The molecule has 27 heavy (non-hydrogen) atoms. The van der Waals surface area contributed by atoms with Gasteiger partial charge in [0.1, 0.15) is 11.5 Å². The monoisotopic (exact) mass is 365 g/mol. The molecule has 0 spiro atoms. The largest absolute Gasteiger partial charge is 0.497 e. The second kappa shape index (κ2) is 8.23. The number of methoxy groups -OCH3 is 2. The summed E-state index contributed by atoms with van der Waals surface area (Å²) in [7, 11) is 3.04. The Morgan fingerprint density at radius 2 is 1.52 bits per heavy atom. The Balaban J connectivity index is 1.62. The van der Waals surface area contributed by atoms with Crippen molar-refractivity contribution in [1.82, 2.24) is 0 Å². The molecule has 0 heterocycles. The van der Waals surface area contributed by atoms with Gasteiger partial charge in [-0.05, 0) is 22.9 Å². The first-order chi connectivity index (χ1) is 13.1. The smallest absolute Gasteiger partial charge is 0.338 e. The van der Waals surface area contributed by atoms with Crippen LogP contribution in [0.5, 0.6) is 11.5 Å². The molecule has 0 aliphatic heterocycles. The lowest BCUT2D eigenvalue weighted by Crippen LogP contribution is -2.21. The van der Waals surface area contributed by atoms with Gasteiger partial charge in [-0.3, -0.25) is 4.79 Å². The van der Waals surface area contributed by atoms with Gasteiger partial charge in [0.05, 0.1) is 19.8 Å². The zero-order chi connectivity index (χ0) is 19.2. The topological polar surface area (TPSA) is 73.9 Å². The standard InChI is InChI=1S/C21H19NO5/c1-25-18-10-17(11-19(12-18)26-2)22-20(23)13-27-21(24)16-8-7-14-5-3-4-6-15(14)9-16/h3-12H,13H2,1-2H3,(H,22,23). The van der Waals surface area contributed by atoms with Gasteiger partial charge in [-0.25, -0.2) is 4.79 Å². The minimum atomic E-state index is -0.556. The van der Waals surface area contributed by atoms with E-state index in [0.717, 1.165) is 10.8 Å². The number of nitrogens with one attached hydrogen (secondary N) is 1. The van der Waals surface area contributed by atoms with Crippen molar-refractivity contribution < 1.29 is 23.8 Å². The summed E-state index contributed by atoms with van der Waals surface area (Å²) in [4.78, 5) is 24.3. The molecule has 0 radical (unpaired) electrons. The van der Waals surface area contributed by atoms with E-state index in [2.05, 4.69) is 5.32 Å². The van der Waals surface area contributed by atoms with Gasteiger partial charge in [-0.15, -0.1) is 0 Å². The van der Waals surface area contributed by atoms with Crippen LogP contribution in [0.3, 0.4) is 0 Å². The molecule has 0 atom stereocenters. The first kappa shape index (κ1) is 18.3. The number of anilines is 1. The Hall–Kier alpha value is -3.54. The molecule has 0 aliphatic carbocycles. The van der Waals surface area contributed by atoms with Crippen LogP contribution in [0, 0.1) is 0 Å². The van der Waals surface area contributed by atoms with E-state index in [1.165, 1.54) is 14.2 Å². The molecule has 1 amide bonds. The Bertz CT molecular complexity index is 961. The number of hydrogen-bond acceptors (Lipinski definition) is 5. The average molecular weight is 365 g/mol. The third-order valence-electron chi connectivity index (χ3n) is 3.95. The number of carbonyl (C=O) groups is 2. The molecule has 0 unspecified atom stereocenters. The van der Waals surface area contributed by atoms with Gasteiger partial charge in [0.15, 0.2) is 6.61 Å². The van der Waals surface area contributed by atoms with Crippen molar-refractivity contribution in [3.05, 3.63) is 66.2 Å². The van der Waals surface area contributed by atoms with Gasteiger partial charge < -0.3 is 19.5 Å². The number of hydrogen-bond donors (Lipinski definition) is 1. The predicted molar refractivity (Wildman–Crippen MR) is 102 cm³/mol. The van der Waals surface area contributed by atoms with Gasteiger partial charge in [-0.1, -0.05) is 30.3 Å². The zero-order valence-electron chi connectivity index (χ0n) is 15.0. The molecular formula is C21H19NO5. The van der Waals surface area contributed by atoms with Crippen molar-refractivity contribution >= 4 is 28.3 Å². The van der Waals surface area contributed by atoms with Crippen LogP contribution in [-0.4, -0.2) is 32.7 Å². The fourth-order valence-electron chi connectivity index (χ4n) is 2.61. The molecule has 6 heteroatoms. The van der Waals surface area contributed by atoms with Gasteiger partial charge in [-0.2, -0.15) is 0 Å². The molecule has 138 valence electrons. The summed E-state index contributed by atoms with van der Waals surface area (Å²) in [5.41, 5.74) is 0.877. The summed E-state index contributed by atoms with van der Waals surface area (Å²) in [6, 6.07) is 17.9. The molecule has 0 saturated carbocycles. The quantitative estimate of drug-likeness (QED) is 0.675. The predicted octanol–water partition coefficient (Wildman–Crippen LogP) is 3.65. The lowest BCUT2D eigenvalue weighted by molar-refractivity contribution is -0.119. The van der Waals surface area contributed by atoms with E-state index in [4.69, 9.17) is 14.2 Å². The molecular weight excluding hydrogens is 346 g/mol. The van der Waals surface area contributed by atoms with E-state index in [0.29, 0.717) is 22.7 Å². The minimum Gasteiger partial charge on any atom is -0.497 e. The molecule has 1 N–H and O–H groups in total. The summed E-state index contributed by atoms with van der Waals surface area (Å²) in [6.45, 7) is -0.398. The average Bonchev–Trinajstić information content (AvgIpc) is 2.71. The Morgan fingerprint density at radius 3 is 2.19 bits per heavy atom. The number of ether oxygens (including phenoxy) is 3. The van der Waals surface area contributed by atoms with Crippen LogP contribution in [0.15, 0.2) is 60.7 Å². The fraction of sp³-hybridized carbons (Fsp3) is 0.143. The SMILES string of the molecule is COc1cc(NC(=O)COC(=O)c2ccc3ccccc3c2)cc(OC)c1. The number of fused-ring (bicyclic) bond motifs is 1. The molecule has 0 aromatic heterocycles. The summed E-state index contributed by atoms with van der Waals surface area (Å²) in [6.07, 6.45) is 0. The summed E-state index contributed by atoms with van der Waals surface area (Å²) in [5.74, 6) is 0.0641. The maximum atomic E-state index is 12.2. The summed E-state index contributed by atoms with van der Waals surface area (Å²) < 4.78 is 15.4. The molecule has 6 nitrogen and oxygen atoms in total. The molecule has 0 aliphatic rings. The van der Waals surface area contributed by atoms with Crippen LogP contribution in [0.2, 0.25) is 0 Å². The fourth-order valence-corrected chi connectivity index (χ4v) is 2.61. The third kappa shape index (κ3) is 4.55. The number of esters is 1. The van der Waals surface area contributed by atoms with E-state index in [1.54, 1.807) is 30.3 Å². The molecule has 0 bridgehead atoms. The first-order valence-electron chi connectivity index (χ1n) is 8.28. The highest BCUT2D eigenvalue weighted by Crippen LogP contribution is 2.25. The molecule has 0 saturated heterocycles. The maximum Gasteiger partial charge on any atom is 0.338 e. The highest BCUT2D eigenvalue weighted by molar-refractivity contribution is 5.98. The number of rotatable bonds is 6. The maximum absolute atomic E-state index is 12.2. The van der Waals surface area contributed by atoms with E-state index < -0.39 is 18.5 Å². The number of benzene rings is 3. The Labute approximate surface area is 156 Å². The van der Waals surface area contributed by atoms with Crippen LogP contribution in [0.1, 0.15) is 10.4 Å². The van der Waals surface area contributed by atoms with Gasteiger partial charge in [0.2, 0.25) is 0 Å². The van der Waals surface area contributed by atoms with Crippen molar-refractivity contribution in [2.24, 2.45) is 0 Å². The van der Waals surface area contributed by atoms with E-state index >= 15 is 0 Å². The van der Waals surface area contributed by atoms with Crippen LogP contribution in [-0.2, 0) is 9.53 Å². The van der Waals surface area contributed by atoms with Crippen LogP contribution < -0.4 is 14.8 Å². The lowest BCUT2D eigenvalue weighted by atomic mass is 10.1. The number of carbonyl (C=O) groups excluding carboxylic acids is 2. The van der Waals surface area contributed by atoms with Crippen LogP contribution in [0.25, 0.3) is 10.8 Å². The lowest BCUT2D eigenvalue weighted by Gasteiger charge is -2.10. The summed E-state index contributed by atoms with van der Waals surface area (Å²) in [5, 5.41) is 4.61. The van der Waals surface area contributed by atoms with Crippen molar-refractivity contribution in [2.45, 2.75) is 0 Å². The minimum absolute atomic E-state index is 0.393. The van der Waals surface area contributed by atoms with Gasteiger partial charge in [0.25, 0.3) is 5.91 Å². The van der Waals surface area contributed by atoms with Crippen molar-refractivity contribution in [2.75, 3.05) is 26.1 Å². The Kier molecular flexibility index (Phi) is 5.56. The Morgan fingerprint density at radius 1 is 0.852 bits per heavy atom. The van der Waals surface area contributed by atoms with E-state index in [9.17, 15) is 9.59 Å². The first-order valence-corrected chi connectivity index (χ1v) is 8.28. The zero-order valence-corrected chi connectivity index (χ0v) is 15.0. The third-order valence-corrected chi connectivity index (χ3v) is 3.95. The molecule has 3 aromatic rings. The van der Waals surface area contributed by atoms with Crippen molar-refractivity contribution in [3.8, 4) is 11.5 Å². The highest BCUT2D eigenvalue weighted by Gasteiger charge is 2.12. The van der Waals surface area contributed by atoms with Crippen molar-refractivity contribution in [3.63, 3.8) is 0 Å². The highest BCUT2D eigenvalue weighted by atomic mass is 16.5. The van der Waals surface area contributed by atoms with Gasteiger partial charge in [0, 0.05) is 23.9 Å². The van der Waals surface area contributed by atoms with E-state index in [1.807, 2.05) is 30.3 Å². The van der Waals surface area contributed by atoms with Crippen LogP contribution in [0.4, 0.5) is 5.69 Å². The molecule has 0 fully saturated rings. The second-order valence-electron chi connectivity index (χ2n) is 5.79. The molecule has 3 aromatic carbocycles. The van der Waals surface area contributed by atoms with Gasteiger partial charge >= 0.3 is 5.97 Å². The van der Waals surface area contributed by atoms with Crippen molar-refractivity contribution in [1.29, 1.82) is 0 Å².